The fourth-order valence-corrected chi connectivity index (χ4v) is 2.72. The van der Waals surface area contributed by atoms with Crippen LogP contribution < -0.4 is 10.6 Å². The molecule has 0 bridgehead atoms. The van der Waals surface area contributed by atoms with Crippen molar-refractivity contribution < 1.29 is 9.90 Å². The predicted octanol–water partition coefficient (Wildman–Crippen LogP) is 2.89. The Kier molecular flexibility index (Phi) is 5.83. The van der Waals surface area contributed by atoms with Gasteiger partial charge in [-0.25, -0.2) is 4.79 Å². The van der Waals surface area contributed by atoms with E-state index in [1.807, 2.05) is 19.9 Å². The zero-order valence-electron chi connectivity index (χ0n) is 13.6. The van der Waals surface area contributed by atoms with E-state index in [0.717, 1.165) is 25.8 Å². The number of urea groups is 1. The maximum atomic E-state index is 11.7. The summed E-state index contributed by atoms with van der Waals surface area (Å²) in [5, 5.41) is 15.0. The van der Waals surface area contributed by atoms with Crippen molar-refractivity contribution >= 4 is 6.03 Å². The van der Waals surface area contributed by atoms with Gasteiger partial charge in [0.2, 0.25) is 0 Å². The SMILES string of the molecule is CC(C)(CO)CCCNC(=O)NCC1CC1c1ccccc1. The highest BCUT2D eigenvalue weighted by atomic mass is 16.3. The molecule has 0 aliphatic heterocycles. The van der Waals surface area contributed by atoms with Crippen LogP contribution >= 0.6 is 0 Å². The van der Waals surface area contributed by atoms with Crippen molar-refractivity contribution in [3.63, 3.8) is 0 Å². The molecule has 2 unspecified atom stereocenters. The Hall–Kier alpha value is -1.55. The third-order valence-electron chi connectivity index (χ3n) is 4.42. The summed E-state index contributed by atoms with van der Waals surface area (Å²) in [6, 6.07) is 10.4. The summed E-state index contributed by atoms with van der Waals surface area (Å²) in [5.41, 5.74) is 1.32. The Morgan fingerprint density at radius 2 is 2.00 bits per heavy atom. The minimum atomic E-state index is -0.0829. The molecule has 2 rings (SSSR count). The van der Waals surface area contributed by atoms with Gasteiger partial charge in [-0.1, -0.05) is 44.2 Å². The van der Waals surface area contributed by atoms with Crippen molar-refractivity contribution in [1.29, 1.82) is 0 Å². The second-order valence-corrected chi connectivity index (χ2v) is 7.08. The Labute approximate surface area is 133 Å². The zero-order chi connectivity index (χ0) is 16.0. The predicted molar refractivity (Wildman–Crippen MR) is 88.8 cm³/mol. The minimum absolute atomic E-state index is 0.0604. The van der Waals surface area contributed by atoms with E-state index in [2.05, 4.69) is 34.9 Å². The van der Waals surface area contributed by atoms with Gasteiger partial charge in [0.25, 0.3) is 0 Å². The lowest BCUT2D eigenvalue weighted by atomic mass is 9.89. The molecule has 0 spiro atoms. The monoisotopic (exact) mass is 304 g/mol. The number of aliphatic hydroxyl groups excluding tert-OH is 1. The van der Waals surface area contributed by atoms with Gasteiger partial charge in [0, 0.05) is 19.7 Å². The van der Waals surface area contributed by atoms with Crippen LogP contribution in [0.2, 0.25) is 0 Å². The van der Waals surface area contributed by atoms with Crippen molar-refractivity contribution in [3.8, 4) is 0 Å². The van der Waals surface area contributed by atoms with Crippen molar-refractivity contribution in [2.75, 3.05) is 19.7 Å². The first-order chi connectivity index (χ1) is 10.5. The molecule has 3 N–H and O–H groups in total. The van der Waals surface area contributed by atoms with Crippen LogP contribution in [0.1, 0.15) is 44.6 Å². The molecular formula is C18H28N2O2. The lowest BCUT2D eigenvalue weighted by Crippen LogP contribution is -2.37. The van der Waals surface area contributed by atoms with Gasteiger partial charge in [-0.15, -0.1) is 0 Å². The van der Waals surface area contributed by atoms with Gasteiger partial charge in [0.05, 0.1) is 0 Å². The molecule has 22 heavy (non-hydrogen) atoms. The van der Waals surface area contributed by atoms with E-state index in [-0.39, 0.29) is 18.1 Å². The first-order valence-electron chi connectivity index (χ1n) is 8.19. The molecule has 4 heteroatoms. The quantitative estimate of drug-likeness (QED) is 0.647. The third-order valence-corrected chi connectivity index (χ3v) is 4.42. The van der Waals surface area contributed by atoms with Gasteiger partial charge < -0.3 is 15.7 Å². The summed E-state index contributed by atoms with van der Waals surface area (Å²) in [6.45, 7) is 5.64. The first kappa shape index (κ1) is 16.8. The van der Waals surface area contributed by atoms with E-state index in [1.54, 1.807) is 0 Å². The Morgan fingerprint density at radius 1 is 1.27 bits per heavy atom. The molecule has 1 aliphatic carbocycles. The molecule has 0 heterocycles. The number of nitrogens with one attached hydrogen (secondary N) is 2. The number of carbonyl (C=O) groups excluding carboxylic acids is 1. The molecular weight excluding hydrogens is 276 g/mol. The number of carbonyl (C=O) groups is 1. The van der Waals surface area contributed by atoms with Gasteiger partial charge in [-0.3, -0.25) is 0 Å². The van der Waals surface area contributed by atoms with E-state index in [4.69, 9.17) is 0 Å². The molecule has 1 aromatic carbocycles. The molecule has 0 saturated heterocycles. The number of rotatable bonds is 8. The van der Waals surface area contributed by atoms with Crippen molar-refractivity contribution in [1.82, 2.24) is 10.6 Å². The molecule has 4 nitrogen and oxygen atoms in total. The lowest BCUT2D eigenvalue weighted by Gasteiger charge is -2.21. The molecule has 2 amide bonds. The number of amides is 2. The number of hydrogen-bond donors (Lipinski definition) is 3. The first-order valence-corrected chi connectivity index (χ1v) is 8.19. The van der Waals surface area contributed by atoms with Crippen molar-refractivity contribution in [3.05, 3.63) is 35.9 Å². The van der Waals surface area contributed by atoms with Crippen LogP contribution in [-0.2, 0) is 0 Å². The summed E-state index contributed by atoms with van der Waals surface area (Å²) in [4.78, 5) is 11.7. The normalized spacial score (nSPS) is 20.5. The van der Waals surface area contributed by atoms with Gasteiger partial charge >= 0.3 is 6.03 Å². The summed E-state index contributed by atoms with van der Waals surface area (Å²) in [7, 11) is 0. The van der Waals surface area contributed by atoms with E-state index in [1.165, 1.54) is 5.56 Å². The zero-order valence-corrected chi connectivity index (χ0v) is 13.6. The standard InChI is InChI=1S/C18H28N2O2/c1-18(2,13-21)9-6-10-19-17(22)20-12-15-11-16(15)14-7-4-3-5-8-14/h3-5,7-8,15-16,21H,6,9-13H2,1-2H3,(H2,19,20,22). The Morgan fingerprint density at radius 3 is 2.68 bits per heavy atom. The van der Waals surface area contributed by atoms with Gasteiger partial charge in [-0.2, -0.15) is 0 Å². The lowest BCUT2D eigenvalue weighted by molar-refractivity contribution is 0.148. The summed E-state index contributed by atoms with van der Waals surface area (Å²) in [6.07, 6.45) is 2.95. The van der Waals surface area contributed by atoms with Gasteiger partial charge in [0.15, 0.2) is 0 Å². The average molecular weight is 304 g/mol. The summed E-state index contributed by atoms with van der Waals surface area (Å²) in [5.74, 6) is 1.17. The highest BCUT2D eigenvalue weighted by Gasteiger charge is 2.37. The van der Waals surface area contributed by atoms with Gasteiger partial charge in [0.1, 0.15) is 0 Å². The summed E-state index contributed by atoms with van der Waals surface area (Å²) >= 11 is 0. The second-order valence-electron chi connectivity index (χ2n) is 7.08. The molecule has 0 aromatic heterocycles. The molecule has 1 aromatic rings. The fourth-order valence-electron chi connectivity index (χ4n) is 2.72. The van der Waals surface area contributed by atoms with Crippen LogP contribution in [0.5, 0.6) is 0 Å². The number of hydrogen-bond acceptors (Lipinski definition) is 2. The largest absolute Gasteiger partial charge is 0.396 e. The maximum Gasteiger partial charge on any atom is 0.314 e. The topological polar surface area (TPSA) is 61.4 Å². The van der Waals surface area contributed by atoms with Crippen molar-refractivity contribution in [2.45, 2.75) is 39.0 Å². The number of aliphatic hydroxyl groups is 1. The molecule has 1 saturated carbocycles. The smallest absolute Gasteiger partial charge is 0.314 e. The highest BCUT2D eigenvalue weighted by Crippen LogP contribution is 2.46. The highest BCUT2D eigenvalue weighted by molar-refractivity contribution is 5.73. The molecule has 1 aliphatic rings. The number of benzene rings is 1. The van der Waals surface area contributed by atoms with Crippen LogP contribution in [0.3, 0.4) is 0 Å². The second kappa shape index (κ2) is 7.63. The van der Waals surface area contributed by atoms with E-state index >= 15 is 0 Å². The van der Waals surface area contributed by atoms with E-state index in [0.29, 0.717) is 18.4 Å². The Balaban J connectivity index is 1.56. The average Bonchev–Trinajstić information content (AvgIpc) is 3.30. The summed E-state index contributed by atoms with van der Waals surface area (Å²) < 4.78 is 0. The van der Waals surface area contributed by atoms with Crippen LogP contribution in [0.15, 0.2) is 30.3 Å². The third kappa shape index (κ3) is 5.34. The van der Waals surface area contributed by atoms with Crippen LogP contribution in [0.25, 0.3) is 0 Å². The minimum Gasteiger partial charge on any atom is -0.396 e. The van der Waals surface area contributed by atoms with Crippen LogP contribution in [-0.4, -0.2) is 30.8 Å². The van der Waals surface area contributed by atoms with E-state index < -0.39 is 0 Å². The van der Waals surface area contributed by atoms with Gasteiger partial charge in [-0.05, 0) is 42.1 Å². The van der Waals surface area contributed by atoms with Crippen LogP contribution in [0, 0.1) is 11.3 Å². The molecule has 122 valence electrons. The molecule has 1 fully saturated rings. The van der Waals surface area contributed by atoms with Crippen molar-refractivity contribution in [2.24, 2.45) is 11.3 Å². The maximum absolute atomic E-state index is 11.7. The fraction of sp³-hybridized carbons (Fsp3) is 0.611. The van der Waals surface area contributed by atoms with Crippen LogP contribution in [0.4, 0.5) is 4.79 Å². The molecule has 2 atom stereocenters. The molecule has 0 radical (unpaired) electrons. The Bertz CT molecular complexity index is 473. The van der Waals surface area contributed by atoms with E-state index in [9.17, 15) is 9.90 Å².